The molecule has 2 atom stereocenters. The molecule has 0 heterocycles. The van der Waals surface area contributed by atoms with Crippen molar-refractivity contribution < 1.29 is 19.8 Å². The van der Waals surface area contributed by atoms with Crippen LogP contribution >= 0.6 is 0 Å². The van der Waals surface area contributed by atoms with Gasteiger partial charge in [-0.25, -0.2) is 0 Å². The van der Waals surface area contributed by atoms with Gasteiger partial charge in [0.1, 0.15) is 6.42 Å². The van der Waals surface area contributed by atoms with Crippen molar-refractivity contribution in [1.82, 2.24) is 0 Å². The van der Waals surface area contributed by atoms with E-state index in [1.165, 1.54) is 69.3 Å². The second kappa shape index (κ2) is 22.6. The monoisotopic (exact) mass is 360 g/mol. The molecule has 0 bridgehead atoms. The van der Waals surface area contributed by atoms with Gasteiger partial charge in [-0.05, 0) is 0 Å². The number of unbranched alkanes of at least 4 members (excludes halogenated alkanes) is 5. The minimum atomic E-state index is -1.31. The number of hydrogen-bond acceptors (Lipinski definition) is 2. The summed E-state index contributed by atoms with van der Waals surface area (Å²) in [5.41, 5.74) is 0. The SMILES string of the molecule is O=C(O)CC(=O)O.[Li][CH2]C(CCCCCC)C(CC)CCCCC.[NaH]. The molecule has 25 heavy (non-hydrogen) atoms. The van der Waals surface area contributed by atoms with Crippen LogP contribution in [0.3, 0.4) is 0 Å². The van der Waals surface area contributed by atoms with Crippen LogP contribution in [-0.4, -0.2) is 69.4 Å². The van der Waals surface area contributed by atoms with Crippen molar-refractivity contribution in [2.75, 3.05) is 0 Å². The molecule has 0 rings (SSSR count). The third-order valence-electron chi connectivity index (χ3n) is 4.62. The van der Waals surface area contributed by atoms with E-state index in [0.29, 0.717) is 0 Å². The number of hydrogen-bond donors (Lipinski definition) is 2. The topological polar surface area (TPSA) is 74.6 Å². The summed E-state index contributed by atoms with van der Waals surface area (Å²) in [4.78, 5) is 18.9. The van der Waals surface area contributed by atoms with Crippen molar-refractivity contribution in [3.05, 3.63) is 0 Å². The van der Waals surface area contributed by atoms with E-state index < -0.39 is 18.4 Å². The van der Waals surface area contributed by atoms with Crippen LogP contribution < -0.4 is 0 Å². The van der Waals surface area contributed by atoms with Crippen LogP contribution in [0, 0.1) is 11.8 Å². The van der Waals surface area contributed by atoms with E-state index in [4.69, 9.17) is 10.2 Å². The first-order valence-electron chi connectivity index (χ1n) is 9.86. The fourth-order valence-corrected chi connectivity index (χ4v) is 3.17. The van der Waals surface area contributed by atoms with E-state index in [-0.39, 0.29) is 29.6 Å². The van der Waals surface area contributed by atoms with Gasteiger partial charge in [-0.15, -0.1) is 0 Å². The van der Waals surface area contributed by atoms with Gasteiger partial charge in [0.05, 0.1) is 0 Å². The Bertz CT molecular complexity index is 302. The number of carboxylic acid groups (broad SMARTS) is 2. The Kier molecular flexibility index (Phi) is 27.3. The first-order chi connectivity index (χ1) is 11.4. The molecule has 0 amide bonds. The van der Waals surface area contributed by atoms with Crippen LogP contribution in [0.25, 0.3) is 0 Å². The summed E-state index contributed by atoms with van der Waals surface area (Å²) in [6.45, 7) is 7.01. The van der Waals surface area contributed by atoms with Gasteiger partial charge in [0.25, 0.3) is 0 Å². The van der Waals surface area contributed by atoms with Crippen LogP contribution in [0.5, 0.6) is 0 Å². The van der Waals surface area contributed by atoms with Crippen LogP contribution in [-0.2, 0) is 9.59 Å². The Morgan fingerprint density at radius 3 is 1.60 bits per heavy atom. The maximum absolute atomic E-state index is 9.43. The summed E-state index contributed by atoms with van der Waals surface area (Å²) < 4.78 is 0. The van der Waals surface area contributed by atoms with Crippen molar-refractivity contribution in [1.29, 1.82) is 0 Å². The van der Waals surface area contributed by atoms with Crippen LogP contribution in [0.1, 0.15) is 91.4 Å². The van der Waals surface area contributed by atoms with Crippen LogP contribution in [0.15, 0.2) is 0 Å². The predicted molar refractivity (Wildman–Crippen MR) is 108 cm³/mol. The molecule has 0 saturated carbocycles. The van der Waals surface area contributed by atoms with E-state index in [1.807, 2.05) is 0 Å². The molecule has 0 aliphatic rings. The van der Waals surface area contributed by atoms with E-state index >= 15 is 0 Å². The second-order valence-corrected chi connectivity index (χ2v) is 6.65. The van der Waals surface area contributed by atoms with Gasteiger partial charge in [0.2, 0.25) is 0 Å². The van der Waals surface area contributed by atoms with E-state index in [0.717, 1.165) is 11.8 Å². The standard InChI is InChI=1S/C16H33.C3H4O4.Li.Na.H/c1-5-8-10-12-13-15(4)16(7-3)14-11-9-6-2;4-2(5)1-3(6)7;;;/h15-16H,4-14H2,1-3H3;1H2,(H,4,5)(H,6,7);;;. The molecule has 140 valence electrons. The summed E-state index contributed by atoms with van der Waals surface area (Å²) >= 11 is 2.40. The number of aliphatic carboxylic acids is 2. The van der Waals surface area contributed by atoms with E-state index in [2.05, 4.69) is 38.5 Å². The van der Waals surface area contributed by atoms with Crippen molar-refractivity contribution in [3.63, 3.8) is 0 Å². The average molecular weight is 360 g/mol. The molecule has 2 unspecified atom stereocenters. The second-order valence-electron chi connectivity index (χ2n) is 6.65. The molecule has 6 heteroatoms. The van der Waals surface area contributed by atoms with Gasteiger partial charge in [-0.3, -0.25) is 9.59 Å². The quantitative estimate of drug-likeness (QED) is 0.268. The van der Waals surface area contributed by atoms with Gasteiger partial charge in [-0.2, -0.15) is 0 Å². The van der Waals surface area contributed by atoms with Crippen molar-refractivity contribution in [2.45, 2.75) is 96.5 Å². The van der Waals surface area contributed by atoms with E-state index in [1.54, 1.807) is 0 Å². The zero-order valence-electron chi connectivity index (χ0n) is 16.4. The Morgan fingerprint density at radius 1 is 0.800 bits per heavy atom. The first kappa shape index (κ1) is 30.3. The van der Waals surface area contributed by atoms with E-state index in [9.17, 15) is 9.59 Å². The summed E-state index contributed by atoms with van der Waals surface area (Å²) in [6, 6.07) is 0. The molecule has 0 aliphatic carbocycles. The molecule has 0 aliphatic heterocycles. The van der Waals surface area contributed by atoms with Crippen molar-refractivity contribution >= 4 is 59.2 Å². The summed E-state index contributed by atoms with van der Waals surface area (Å²) in [5.74, 6) is -0.609. The molecular weight excluding hydrogens is 322 g/mol. The third-order valence-corrected chi connectivity index (χ3v) is 4.62. The predicted octanol–water partition coefficient (Wildman–Crippen LogP) is 4.66. The Morgan fingerprint density at radius 2 is 1.24 bits per heavy atom. The summed E-state index contributed by atoms with van der Waals surface area (Å²) in [5, 5.41) is 16.8. The third kappa shape index (κ3) is 22.5. The number of carbonyl (C=O) groups is 2. The molecule has 0 saturated heterocycles. The normalized spacial score (nSPS) is 12.4. The summed E-state index contributed by atoms with van der Waals surface area (Å²) in [6.07, 6.45) is 13.5. The molecule has 0 aromatic heterocycles. The van der Waals surface area contributed by atoms with Gasteiger partial charge in [0.15, 0.2) is 0 Å². The minimum absolute atomic E-state index is 0. The molecule has 0 spiro atoms. The number of rotatable bonds is 14. The zero-order valence-corrected chi connectivity index (χ0v) is 16.4. The first-order valence-corrected chi connectivity index (χ1v) is 9.86. The van der Waals surface area contributed by atoms with Crippen LogP contribution in [0.2, 0.25) is 5.09 Å². The summed E-state index contributed by atoms with van der Waals surface area (Å²) in [7, 11) is 0. The molecule has 0 radical (unpaired) electrons. The molecule has 4 nitrogen and oxygen atoms in total. The molecule has 0 aromatic carbocycles. The van der Waals surface area contributed by atoms with Crippen molar-refractivity contribution in [3.8, 4) is 0 Å². The maximum atomic E-state index is 9.43. The Balaban J connectivity index is -0.000000513. The fourth-order valence-electron chi connectivity index (χ4n) is 3.17. The molecule has 2 N–H and O–H groups in total. The van der Waals surface area contributed by atoms with Gasteiger partial charge in [0, 0.05) is 0 Å². The van der Waals surface area contributed by atoms with Gasteiger partial charge < -0.3 is 10.2 Å². The average Bonchev–Trinajstić information content (AvgIpc) is 2.52. The molecular formula is C19H38LiNaO4. The molecule has 0 aromatic rings. The fraction of sp³-hybridized carbons (Fsp3) is 0.895. The molecule has 0 fully saturated rings. The van der Waals surface area contributed by atoms with Gasteiger partial charge >= 0.3 is 161 Å². The zero-order chi connectivity index (χ0) is 18.8. The Labute approximate surface area is 186 Å². The van der Waals surface area contributed by atoms with Gasteiger partial charge in [-0.1, -0.05) is 0 Å². The number of carboxylic acids is 2. The van der Waals surface area contributed by atoms with Crippen molar-refractivity contribution in [2.24, 2.45) is 11.8 Å². The van der Waals surface area contributed by atoms with Crippen LogP contribution in [0.4, 0.5) is 0 Å². The Hall–Kier alpha value is 0.537.